The maximum absolute atomic E-state index is 10.4. The van der Waals surface area contributed by atoms with Gasteiger partial charge in [0.1, 0.15) is 6.23 Å². The zero-order valence-corrected chi connectivity index (χ0v) is 15.4. The largest absolute Gasteiger partial charge is 0.378 e. The predicted octanol–water partition coefficient (Wildman–Crippen LogP) is 5.45. The highest BCUT2D eigenvalue weighted by atomic mass is 16.3. The molecule has 0 aliphatic rings. The van der Waals surface area contributed by atoms with Gasteiger partial charge in [0.2, 0.25) is 0 Å². The fraction of sp³-hybridized carbons (Fsp3) is 1.00. The molecule has 0 aliphatic heterocycles. The summed E-state index contributed by atoms with van der Waals surface area (Å²) in [5, 5.41) is 10.4. The molecule has 0 aromatic carbocycles. The molecule has 0 bridgehead atoms. The minimum Gasteiger partial charge on any atom is -0.378 e. The van der Waals surface area contributed by atoms with Crippen molar-refractivity contribution >= 4 is 0 Å². The minimum absolute atomic E-state index is 0.253. The second kappa shape index (κ2) is 13.6. The topological polar surface area (TPSA) is 23.5 Å². The molecule has 0 saturated carbocycles. The van der Waals surface area contributed by atoms with E-state index < -0.39 is 0 Å². The van der Waals surface area contributed by atoms with Crippen molar-refractivity contribution in [3.8, 4) is 0 Å². The molecule has 2 nitrogen and oxygen atoms in total. The van der Waals surface area contributed by atoms with Gasteiger partial charge in [0.15, 0.2) is 0 Å². The van der Waals surface area contributed by atoms with Gasteiger partial charge in [-0.25, -0.2) is 0 Å². The maximum Gasteiger partial charge on any atom is 0.107 e. The van der Waals surface area contributed by atoms with Gasteiger partial charge < -0.3 is 5.11 Å². The molecule has 0 aliphatic carbocycles. The van der Waals surface area contributed by atoms with E-state index in [1.54, 1.807) is 0 Å². The van der Waals surface area contributed by atoms with E-state index in [2.05, 4.69) is 39.5 Å². The quantitative estimate of drug-likeness (QED) is 0.431. The third-order valence-electron chi connectivity index (χ3n) is 4.86. The number of nitrogens with zero attached hydrogens (tertiary/aromatic N) is 1. The SMILES string of the molecule is CCCCC(CC)CN(CC(CC)CCCC)C(O)CC. The zero-order chi connectivity index (χ0) is 16.1. The lowest BCUT2D eigenvalue weighted by molar-refractivity contribution is -0.0202. The smallest absolute Gasteiger partial charge is 0.107 e. The Bertz CT molecular complexity index is 202. The molecular weight excluding hydrogens is 258 g/mol. The lowest BCUT2D eigenvalue weighted by Gasteiger charge is -2.33. The maximum atomic E-state index is 10.4. The molecule has 0 fully saturated rings. The number of unbranched alkanes of at least 4 members (excludes halogenated alkanes) is 2. The van der Waals surface area contributed by atoms with Crippen LogP contribution in [0.5, 0.6) is 0 Å². The van der Waals surface area contributed by atoms with Crippen LogP contribution in [0.25, 0.3) is 0 Å². The molecule has 128 valence electrons. The summed E-state index contributed by atoms with van der Waals surface area (Å²) < 4.78 is 0. The first-order valence-corrected chi connectivity index (χ1v) is 9.54. The van der Waals surface area contributed by atoms with E-state index in [1.165, 1.54) is 51.4 Å². The van der Waals surface area contributed by atoms with Gasteiger partial charge in [0.05, 0.1) is 0 Å². The minimum atomic E-state index is -0.253. The van der Waals surface area contributed by atoms with E-state index in [9.17, 15) is 5.11 Å². The standard InChI is InChI=1S/C19H41NO/c1-6-11-13-17(8-3)15-20(19(21)10-5)16-18(9-4)14-12-7-2/h17-19,21H,6-16H2,1-5H3. The van der Waals surface area contributed by atoms with Gasteiger partial charge in [0, 0.05) is 13.1 Å². The van der Waals surface area contributed by atoms with Crippen molar-refractivity contribution in [3.05, 3.63) is 0 Å². The van der Waals surface area contributed by atoms with Gasteiger partial charge in [-0.15, -0.1) is 0 Å². The highest BCUT2D eigenvalue weighted by Crippen LogP contribution is 2.20. The Morgan fingerprint density at radius 1 is 0.714 bits per heavy atom. The van der Waals surface area contributed by atoms with Crippen LogP contribution in [0.1, 0.15) is 92.4 Å². The average Bonchev–Trinajstić information content (AvgIpc) is 2.52. The summed E-state index contributed by atoms with van der Waals surface area (Å²) >= 11 is 0. The van der Waals surface area contributed by atoms with E-state index in [-0.39, 0.29) is 6.23 Å². The lowest BCUT2D eigenvalue weighted by Crippen LogP contribution is -2.41. The average molecular weight is 300 g/mol. The summed E-state index contributed by atoms with van der Waals surface area (Å²) in [6.45, 7) is 13.4. The molecule has 0 aromatic heterocycles. The van der Waals surface area contributed by atoms with Crippen molar-refractivity contribution in [2.24, 2.45) is 11.8 Å². The van der Waals surface area contributed by atoms with E-state index in [4.69, 9.17) is 0 Å². The van der Waals surface area contributed by atoms with Gasteiger partial charge in [-0.3, -0.25) is 4.90 Å². The zero-order valence-electron chi connectivity index (χ0n) is 15.4. The van der Waals surface area contributed by atoms with Gasteiger partial charge in [-0.1, -0.05) is 73.1 Å². The van der Waals surface area contributed by atoms with Crippen molar-refractivity contribution in [2.75, 3.05) is 13.1 Å². The molecule has 0 radical (unpaired) electrons. The van der Waals surface area contributed by atoms with E-state index in [0.717, 1.165) is 31.3 Å². The van der Waals surface area contributed by atoms with Crippen LogP contribution < -0.4 is 0 Å². The number of rotatable bonds is 14. The van der Waals surface area contributed by atoms with Crippen molar-refractivity contribution < 1.29 is 5.11 Å². The molecule has 21 heavy (non-hydrogen) atoms. The summed E-state index contributed by atoms with van der Waals surface area (Å²) in [6, 6.07) is 0. The molecule has 1 N–H and O–H groups in total. The third kappa shape index (κ3) is 9.52. The van der Waals surface area contributed by atoms with Crippen LogP contribution in [-0.2, 0) is 0 Å². The Hall–Kier alpha value is -0.0800. The van der Waals surface area contributed by atoms with Crippen LogP contribution in [0.15, 0.2) is 0 Å². The summed E-state index contributed by atoms with van der Waals surface area (Å²) in [5.74, 6) is 1.49. The van der Waals surface area contributed by atoms with Crippen LogP contribution in [0, 0.1) is 11.8 Å². The molecule has 0 saturated heterocycles. The lowest BCUT2D eigenvalue weighted by atomic mass is 9.95. The predicted molar refractivity (Wildman–Crippen MR) is 94.5 cm³/mol. The monoisotopic (exact) mass is 299 g/mol. The summed E-state index contributed by atoms with van der Waals surface area (Å²) in [7, 11) is 0. The number of aliphatic hydroxyl groups excluding tert-OH is 1. The molecule has 3 atom stereocenters. The van der Waals surface area contributed by atoms with Gasteiger partial charge in [-0.2, -0.15) is 0 Å². The van der Waals surface area contributed by atoms with Crippen molar-refractivity contribution in [1.82, 2.24) is 4.90 Å². The molecule has 2 heteroatoms. The molecule has 0 rings (SSSR count). The van der Waals surface area contributed by atoms with Crippen molar-refractivity contribution in [3.63, 3.8) is 0 Å². The Morgan fingerprint density at radius 2 is 1.14 bits per heavy atom. The number of hydrogen-bond acceptors (Lipinski definition) is 2. The highest BCUT2D eigenvalue weighted by molar-refractivity contribution is 4.71. The highest BCUT2D eigenvalue weighted by Gasteiger charge is 2.21. The Kier molecular flexibility index (Phi) is 13.5. The van der Waals surface area contributed by atoms with E-state index in [1.807, 2.05) is 0 Å². The fourth-order valence-corrected chi connectivity index (χ4v) is 3.07. The van der Waals surface area contributed by atoms with Gasteiger partial charge in [-0.05, 0) is 31.1 Å². The van der Waals surface area contributed by atoms with E-state index >= 15 is 0 Å². The molecule has 0 heterocycles. The fourth-order valence-electron chi connectivity index (χ4n) is 3.07. The molecule has 0 aromatic rings. The molecule has 0 spiro atoms. The molecule has 0 amide bonds. The molecular formula is C19H41NO. The van der Waals surface area contributed by atoms with Gasteiger partial charge >= 0.3 is 0 Å². The first-order valence-electron chi connectivity index (χ1n) is 9.54. The Morgan fingerprint density at radius 3 is 1.43 bits per heavy atom. The normalized spacial score (nSPS) is 16.1. The van der Waals surface area contributed by atoms with Crippen LogP contribution in [0.2, 0.25) is 0 Å². The summed E-state index contributed by atoms with van der Waals surface area (Å²) in [4.78, 5) is 2.37. The van der Waals surface area contributed by atoms with Crippen LogP contribution in [0.4, 0.5) is 0 Å². The van der Waals surface area contributed by atoms with Crippen LogP contribution in [-0.4, -0.2) is 29.3 Å². The summed E-state index contributed by atoms with van der Waals surface area (Å²) in [5.41, 5.74) is 0. The van der Waals surface area contributed by atoms with Gasteiger partial charge in [0.25, 0.3) is 0 Å². The third-order valence-corrected chi connectivity index (χ3v) is 4.86. The number of aliphatic hydroxyl groups is 1. The number of hydrogen-bond donors (Lipinski definition) is 1. The molecule has 3 unspecified atom stereocenters. The van der Waals surface area contributed by atoms with Crippen LogP contribution >= 0.6 is 0 Å². The van der Waals surface area contributed by atoms with Crippen LogP contribution in [0.3, 0.4) is 0 Å². The van der Waals surface area contributed by atoms with Crippen molar-refractivity contribution in [2.45, 2.75) is 98.6 Å². The second-order valence-corrected chi connectivity index (χ2v) is 6.68. The first-order chi connectivity index (χ1) is 10.1. The van der Waals surface area contributed by atoms with E-state index in [0.29, 0.717) is 0 Å². The Balaban J connectivity index is 4.53. The van der Waals surface area contributed by atoms with Crippen molar-refractivity contribution in [1.29, 1.82) is 0 Å². The Labute approximate surface area is 134 Å². The second-order valence-electron chi connectivity index (χ2n) is 6.68. The summed E-state index contributed by atoms with van der Waals surface area (Å²) in [6.07, 6.45) is 10.9. The first kappa shape index (κ1) is 20.9.